The van der Waals surface area contributed by atoms with Crippen molar-refractivity contribution in [1.82, 2.24) is 10.2 Å². The first-order valence-electron chi connectivity index (χ1n) is 7.91. The number of anilines is 1. The zero-order valence-corrected chi connectivity index (χ0v) is 18.0. The highest BCUT2D eigenvalue weighted by Crippen LogP contribution is 2.46. The van der Waals surface area contributed by atoms with Crippen molar-refractivity contribution in [3.63, 3.8) is 0 Å². The molecule has 27 heavy (non-hydrogen) atoms. The van der Waals surface area contributed by atoms with Gasteiger partial charge in [-0.15, -0.1) is 10.2 Å². The lowest BCUT2D eigenvalue weighted by atomic mass is 10.2. The second kappa shape index (κ2) is 8.97. The molecule has 9 heteroatoms. The number of thioether (sulfide) groups is 3. The fourth-order valence-electron chi connectivity index (χ4n) is 2.25. The molecule has 0 amide bonds. The lowest BCUT2D eigenvalue weighted by Gasteiger charge is -2.14. The van der Waals surface area contributed by atoms with Crippen molar-refractivity contribution in [3.8, 4) is 6.07 Å². The minimum absolute atomic E-state index is 0.164. The summed E-state index contributed by atoms with van der Waals surface area (Å²) >= 11 is 5.81. The standard InChI is InChI=1S/C18H16N4OS4/c1-11(2)9-24-17-20-21-18(27-17)25-10-14(23)12(8-19)16-22(3)13-6-4-5-7-15(13)26-16/h4-7H,1,9-10H2,2-3H3/b16-12-. The molecule has 3 rings (SSSR count). The summed E-state index contributed by atoms with van der Waals surface area (Å²) < 4.78 is 1.58. The maximum absolute atomic E-state index is 12.7. The van der Waals surface area contributed by atoms with Crippen LogP contribution in [0.1, 0.15) is 6.92 Å². The van der Waals surface area contributed by atoms with E-state index in [1.165, 1.54) is 34.9 Å². The average Bonchev–Trinajstić information content (AvgIpc) is 3.24. The second-order valence-corrected chi connectivity index (χ2v) is 10.2. The van der Waals surface area contributed by atoms with E-state index in [9.17, 15) is 10.1 Å². The topological polar surface area (TPSA) is 69.9 Å². The predicted octanol–water partition coefficient (Wildman–Crippen LogP) is 4.84. The summed E-state index contributed by atoms with van der Waals surface area (Å²) in [5, 5.41) is 18.5. The second-order valence-electron chi connectivity index (χ2n) is 5.71. The van der Waals surface area contributed by atoms with Gasteiger partial charge in [0, 0.05) is 17.7 Å². The third-order valence-electron chi connectivity index (χ3n) is 3.50. The lowest BCUT2D eigenvalue weighted by molar-refractivity contribution is -0.112. The molecular formula is C18H16N4OS4. The summed E-state index contributed by atoms with van der Waals surface area (Å²) in [6, 6.07) is 9.96. The summed E-state index contributed by atoms with van der Waals surface area (Å²) in [6.07, 6.45) is 0. The number of hydrogen-bond donors (Lipinski definition) is 0. The van der Waals surface area contributed by atoms with Gasteiger partial charge in [-0.05, 0) is 19.1 Å². The Hall–Kier alpha value is -1.73. The molecule has 0 N–H and O–H groups in total. The van der Waals surface area contributed by atoms with Crippen LogP contribution in [0.25, 0.3) is 0 Å². The van der Waals surface area contributed by atoms with Crippen molar-refractivity contribution < 1.29 is 4.79 Å². The van der Waals surface area contributed by atoms with E-state index >= 15 is 0 Å². The van der Waals surface area contributed by atoms with Gasteiger partial charge in [-0.2, -0.15) is 5.26 Å². The van der Waals surface area contributed by atoms with Gasteiger partial charge in [-0.3, -0.25) is 4.79 Å². The Morgan fingerprint density at radius 1 is 1.26 bits per heavy atom. The summed E-state index contributed by atoms with van der Waals surface area (Å²) in [5.74, 6) is 0.764. The average molecular weight is 433 g/mol. The largest absolute Gasteiger partial charge is 0.337 e. The molecule has 0 spiro atoms. The third kappa shape index (κ3) is 4.76. The molecule has 1 aliphatic rings. The third-order valence-corrected chi connectivity index (χ3v) is 8.16. The van der Waals surface area contributed by atoms with Gasteiger partial charge in [0.05, 0.1) is 11.4 Å². The fourth-order valence-corrected chi connectivity index (χ4v) is 6.15. The maximum atomic E-state index is 12.7. The maximum Gasteiger partial charge on any atom is 0.186 e. The van der Waals surface area contributed by atoms with Gasteiger partial charge in [-0.25, -0.2) is 0 Å². The predicted molar refractivity (Wildman–Crippen MR) is 115 cm³/mol. The molecule has 5 nitrogen and oxygen atoms in total. The van der Waals surface area contributed by atoms with Crippen molar-refractivity contribution in [2.45, 2.75) is 20.5 Å². The van der Waals surface area contributed by atoms with Crippen LogP contribution in [0.5, 0.6) is 0 Å². The first-order chi connectivity index (χ1) is 13.0. The number of allylic oxidation sites excluding steroid dienone is 1. The Kier molecular flexibility index (Phi) is 6.65. The highest BCUT2D eigenvalue weighted by Gasteiger charge is 2.27. The summed E-state index contributed by atoms with van der Waals surface area (Å²) in [6.45, 7) is 5.84. The number of Topliss-reactive ketones (excluding diaryl/α,β-unsaturated/α-hetero) is 1. The van der Waals surface area contributed by atoms with E-state index in [0.29, 0.717) is 5.03 Å². The fraction of sp³-hybridized carbons (Fsp3) is 0.222. The zero-order chi connectivity index (χ0) is 19.4. The number of carbonyl (C=O) groups excluding carboxylic acids is 1. The van der Waals surface area contributed by atoms with Gasteiger partial charge >= 0.3 is 0 Å². The molecule has 0 saturated carbocycles. The zero-order valence-electron chi connectivity index (χ0n) is 14.8. The summed E-state index contributed by atoms with van der Waals surface area (Å²) in [7, 11) is 1.88. The van der Waals surface area contributed by atoms with Crippen molar-refractivity contribution >= 4 is 58.1 Å². The number of para-hydroxylation sites is 1. The number of fused-ring (bicyclic) bond motifs is 1. The van der Waals surface area contributed by atoms with Gasteiger partial charge in [0.25, 0.3) is 0 Å². The molecule has 0 fully saturated rings. The normalized spacial score (nSPS) is 14.6. The smallest absolute Gasteiger partial charge is 0.186 e. The molecule has 138 valence electrons. The van der Waals surface area contributed by atoms with Crippen LogP contribution in [0.2, 0.25) is 0 Å². The van der Waals surface area contributed by atoms with Crippen LogP contribution in [0.15, 0.2) is 60.6 Å². The van der Waals surface area contributed by atoms with Crippen LogP contribution in [-0.4, -0.2) is 34.5 Å². The number of rotatable bonds is 7. The molecule has 0 saturated heterocycles. The van der Waals surface area contributed by atoms with Crippen LogP contribution >= 0.6 is 46.6 Å². The van der Waals surface area contributed by atoms with Gasteiger partial charge in [0.2, 0.25) is 0 Å². The molecule has 0 atom stereocenters. The highest BCUT2D eigenvalue weighted by atomic mass is 32.2. The molecule has 1 aromatic carbocycles. The number of benzene rings is 1. The van der Waals surface area contributed by atoms with Crippen LogP contribution in [-0.2, 0) is 4.79 Å². The molecule has 0 unspecified atom stereocenters. The van der Waals surface area contributed by atoms with Crippen molar-refractivity contribution in [2.75, 3.05) is 23.5 Å². The Bertz CT molecular complexity index is 960. The molecule has 0 bridgehead atoms. The Morgan fingerprint density at radius 2 is 1.93 bits per heavy atom. The van der Waals surface area contributed by atoms with Crippen molar-refractivity contribution in [2.24, 2.45) is 0 Å². The Morgan fingerprint density at radius 3 is 2.56 bits per heavy atom. The number of nitriles is 1. The lowest BCUT2D eigenvalue weighted by Crippen LogP contribution is -2.16. The number of carbonyl (C=O) groups is 1. The molecular weight excluding hydrogens is 416 g/mol. The van der Waals surface area contributed by atoms with E-state index in [1.807, 2.05) is 43.1 Å². The first kappa shape index (κ1) is 20.0. The van der Waals surface area contributed by atoms with Gasteiger partial charge in [0.15, 0.2) is 14.5 Å². The van der Waals surface area contributed by atoms with Crippen molar-refractivity contribution in [3.05, 3.63) is 47.0 Å². The van der Waals surface area contributed by atoms with E-state index in [0.717, 1.165) is 30.6 Å². The molecule has 0 radical (unpaired) electrons. The Labute approximate surface area is 174 Å². The molecule has 0 aliphatic carbocycles. The summed E-state index contributed by atoms with van der Waals surface area (Å²) in [4.78, 5) is 15.6. The number of aromatic nitrogens is 2. The van der Waals surface area contributed by atoms with Crippen LogP contribution < -0.4 is 4.90 Å². The minimum atomic E-state index is -0.198. The van der Waals surface area contributed by atoms with Gasteiger partial charge in [0.1, 0.15) is 16.7 Å². The van der Waals surface area contributed by atoms with Crippen LogP contribution in [0.4, 0.5) is 5.69 Å². The van der Waals surface area contributed by atoms with Gasteiger partial charge < -0.3 is 4.90 Å². The number of ketones is 1. The molecule has 1 aliphatic heterocycles. The summed E-state index contributed by atoms with van der Waals surface area (Å²) in [5.41, 5.74) is 2.27. The van der Waals surface area contributed by atoms with Crippen LogP contribution in [0, 0.1) is 11.3 Å². The molecule has 1 aromatic heterocycles. The number of hydrogen-bond acceptors (Lipinski definition) is 9. The van der Waals surface area contributed by atoms with Gasteiger partial charge in [-0.1, -0.05) is 70.9 Å². The minimum Gasteiger partial charge on any atom is -0.337 e. The molecule has 2 aromatic rings. The highest BCUT2D eigenvalue weighted by molar-refractivity contribution is 8.04. The van der Waals surface area contributed by atoms with Crippen LogP contribution in [0.3, 0.4) is 0 Å². The van der Waals surface area contributed by atoms with E-state index in [-0.39, 0.29) is 17.1 Å². The van der Waals surface area contributed by atoms with E-state index < -0.39 is 0 Å². The van der Waals surface area contributed by atoms with E-state index in [4.69, 9.17) is 0 Å². The molecule has 2 heterocycles. The first-order valence-corrected chi connectivity index (χ1v) is 11.5. The van der Waals surface area contributed by atoms with Crippen molar-refractivity contribution in [1.29, 1.82) is 5.26 Å². The quantitative estimate of drug-likeness (QED) is 0.266. The van der Waals surface area contributed by atoms with E-state index in [1.54, 1.807) is 11.8 Å². The Balaban J connectivity index is 1.67. The SMILES string of the molecule is C=C(C)CSc1nnc(SCC(=O)/C(C#N)=C2\Sc3ccccc3N2C)s1. The monoisotopic (exact) mass is 432 g/mol. The van der Waals surface area contributed by atoms with E-state index in [2.05, 4.69) is 22.8 Å². The number of nitrogens with zero attached hydrogens (tertiary/aromatic N) is 4.